The second-order valence-corrected chi connectivity index (χ2v) is 10.1. The minimum atomic E-state index is -3.51. The van der Waals surface area contributed by atoms with Crippen LogP contribution in [0.4, 0.5) is 0 Å². The second kappa shape index (κ2) is 9.89. The molecule has 3 rings (SSSR count). The van der Waals surface area contributed by atoms with E-state index >= 15 is 0 Å². The van der Waals surface area contributed by atoms with Gasteiger partial charge in [-0.3, -0.25) is 4.90 Å². The molecule has 0 radical (unpaired) electrons. The fraction of sp³-hybridized carbons (Fsp3) is 0.435. The number of hydrogen-bond acceptors (Lipinski definition) is 6. The summed E-state index contributed by atoms with van der Waals surface area (Å²) in [4.78, 5) is 7.21. The lowest BCUT2D eigenvalue weighted by Gasteiger charge is -2.19. The normalized spacial score (nSPS) is 12.1. The van der Waals surface area contributed by atoms with Crippen LogP contribution in [0.5, 0.6) is 11.5 Å². The lowest BCUT2D eigenvalue weighted by atomic mass is 10.2. The molecule has 2 aromatic carbocycles. The minimum absolute atomic E-state index is 0.249. The molecule has 0 saturated heterocycles. The van der Waals surface area contributed by atoms with Crippen LogP contribution in [0.25, 0.3) is 11.0 Å². The first-order chi connectivity index (χ1) is 15.2. The standard InChI is InChI=1S/C23H32N4O4S/c1-7-12-27-21-11-10-19(32(28,29)25(2)3)14-20(21)24-23(27)16-26(4)15-17-8-9-18(30-5)13-22(17)31-6/h8-11,13-14H,7,12,15-16H2,1-6H3. The molecular weight excluding hydrogens is 428 g/mol. The predicted molar refractivity (Wildman–Crippen MR) is 126 cm³/mol. The molecule has 32 heavy (non-hydrogen) atoms. The van der Waals surface area contributed by atoms with E-state index in [1.165, 1.54) is 18.4 Å². The molecule has 0 unspecified atom stereocenters. The van der Waals surface area contributed by atoms with E-state index in [4.69, 9.17) is 14.5 Å². The zero-order chi connectivity index (χ0) is 23.5. The van der Waals surface area contributed by atoms with Crippen LogP contribution < -0.4 is 9.47 Å². The molecular formula is C23H32N4O4S. The van der Waals surface area contributed by atoms with E-state index in [-0.39, 0.29) is 4.90 Å². The van der Waals surface area contributed by atoms with Crippen molar-refractivity contribution in [1.29, 1.82) is 0 Å². The monoisotopic (exact) mass is 460 g/mol. The Morgan fingerprint density at radius 3 is 2.38 bits per heavy atom. The molecule has 3 aromatic rings. The molecule has 0 aliphatic heterocycles. The Kier molecular flexibility index (Phi) is 7.43. The van der Waals surface area contributed by atoms with Crippen LogP contribution >= 0.6 is 0 Å². The molecule has 0 amide bonds. The van der Waals surface area contributed by atoms with Crippen LogP contribution in [0.15, 0.2) is 41.3 Å². The first-order valence-corrected chi connectivity index (χ1v) is 12.0. The Labute approximate surface area is 190 Å². The molecule has 0 spiro atoms. The van der Waals surface area contributed by atoms with Crippen molar-refractivity contribution in [1.82, 2.24) is 18.8 Å². The van der Waals surface area contributed by atoms with Crippen LogP contribution in [-0.2, 0) is 29.7 Å². The van der Waals surface area contributed by atoms with Gasteiger partial charge in [0, 0.05) is 38.8 Å². The molecule has 8 nitrogen and oxygen atoms in total. The number of aromatic nitrogens is 2. The number of sulfonamides is 1. The molecule has 0 bridgehead atoms. The lowest BCUT2D eigenvalue weighted by molar-refractivity contribution is 0.297. The number of benzene rings is 2. The van der Waals surface area contributed by atoms with Crippen LogP contribution in [0.1, 0.15) is 24.7 Å². The third-order valence-electron chi connectivity index (χ3n) is 5.37. The van der Waals surface area contributed by atoms with Crippen LogP contribution in [0, 0.1) is 0 Å². The maximum atomic E-state index is 12.5. The molecule has 1 heterocycles. The van der Waals surface area contributed by atoms with Crippen molar-refractivity contribution < 1.29 is 17.9 Å². The zero-order valence-corrected chi connectivity index (χ0v) is 20.4. The van der Waals surface area contributed by atoms with Crippen LogP contribution in [0.2, 0.25) is 0 Å². The van der Waals surface area contributed by atoms with Gasteiger partial charge in [-0.2, -0.15) is 0 Å². The minimum Gasteiger partial charge on any atom is -0.497 e. The Balaban J connectivity index is 1.91. The van der Waals surface area contributed by atoms with Gasteiger partial charge in [0.15, 0.2) is 0 Å². The highest BCUT2D eigenvalue weighted by Gasteiger charge is 2.20. The maximum absolute atomic E-state index is 12.5. The summed E-state index contributed by atoms with van der Waals surface area (Å²) in [6.07, 6.45) is 0.951. The summed E-state index contributed by atoms with van der Waals surface area (Å²) in [5.41, 5.74) is 2.68. The van der Waals surface area contributed by atoms with Gasteiger partial charge in [-0.15, -0.1) is 0 Å². The molecule has 0 N–H and O–H groups in total. The third-order valence-corrected chi connectivity index (χ3v) is 7.18. The van der Waals surface area contributed by atoms with Crippen molar-refractivity contribution in [2.24, 2.45) is 0 Å². The maximum Gasteiger partial charge on any atom is 0.242 e. The Morgan fingerprint density at radius 1 is 1.00 bits per heavy atom. The molecule has 0 fully saturated rings. The summed E-state index contributed by atoms with van der Waals surface area (Å²) in [7, 11) is 4.86. The smallest absolute Gasteiger partial charge is 0.242 e. The number of fused-ring (bicyclic) bond motifs is 1. The van der Waals surface area contributed by atoms with E-state index in [1.54, 1.807) is 26.4 Å². The number of hydrogen-bond donors (Lipinski definition) is 0. The van der Waals surface area contributed by atoms with Gasteiger partial charge >= 0.3 is 0 Å². The van der Waals surface area contributed by atoms with Gasteiger partial charge in [-0.05, 0) is 37.7 Å². The topological polar surface area (TPSA) is 76.9 Å². The summed E-state index contributed by atoms with van der Waals surface area (Å²) < 4.78 is 39.3. The first kappa shape index (κ1) is 24.0. The summed E-state index contributed by atoms with van der Waals surface area (Å²) in [6, 6.07) is 11.0. The SMILES string of the molecule is CCCn1c(CN(C)Cc2ccc(OC)cc2OC)nc2cc(S(=O)(=O)N(C)C)ccc21. The fourth-order valence-electron chi connectivity index (χ4n) is 3.70. The van der Waals surface area contributed by atoms with Crippen molar-refractivity contribution >= 4 is 21.1 Å². The average Bonchev–Trinajstić information content (AvgIpc) is 3.10. The third kappa shape index (κ3) is 4.90. The fourth-order valence-corrected chi connectivity index (χ4v) is 4.62. The van der Waals surface area contributed by atoms with Gasteiger partial charge in [0.05, 0.1) is 36.7 Å². The summed E-state index contributed by atoms with van der Waals surface area (Å²) >= 11 is 0. The largest absolute Gasteiger partial charge is 0.497 e. The van der Waals surface area contributed by atoms with E-state index < -0.39 is 10.0 Å². The quantitative estimate of drug-likeness (QED) is 0.462. The Bertz CT molecular complexity index is 1190. The highest BCUT2D eigenvalue weighted by molar-refractivity contribution is 7.89. The van der Waals surface area contributed by atoms with E-state index in [1.807, 2.05) is 31.3 Å². The van der Waals surface area contributed by atoms with Crippen LogP contribution in [-0.4, -0.2) is 62.5 Å². The Morgan fingerprint density at radius 2 is 1.75 bits per heavy atom. The second-order valence-electron chi connectivity index (χ2n) is 7.97. The highest BCUT2D eigenvalue weighted by Crippen LogP contribution is 2.27. The Hall–Kier alpha value is -2.62. The van der Waals surface area contributed by atoms with Crippen molar-refractivity contribution in [3.8, 4) is 11.5 Å². The molecule has 0 aliphatic rings. The first-order valence-electron chi connectivity index (χ1n) is 10.5. The van der Waals surface area contributed by atoms with E-state index in [9.17, 15) is 8.42 Å². The summed E-state index contributed by atoms with van der Waals surface area (Å²) in [6.45, 7) is 4.21. The van der Waals surface area contributed by atoms with Crippen molar-refractivity contribution in [2.45, 2.75) is 37.9 Å². The van der Waals surface area contributed by atoms with Gasteiger partial charge in [0.1, 0.15) is 17.3 Å². The molecule has 0 atom stereocenters. The van der Waals surface area contributed by atoms with E-state index in [0.717, 1.165) is 41.4 Å². The van der Waals surface area contributed by atoms with E-state index in [2.05, 4.69) is 16.4 Å². The number of imidazole rings is 1. The molecule has 9 heteroatoms. The highest BCUT2D eigenvalue weighted by atomic mass is 32.2. The van der Waals surface area contributed by atoms with Crippen LogP contribution in [0.3, 0.4) is 0 Å². The average molecular weight is 461 g/mol. The van der Waals surface area contributed by atoms with Gasteiger partial charge in [0.2, 0.25) is 10.0 Å². The number of rotatable bonds is 10. The summed E-state index contributed by atoms with van der Waals surface area (Å²) in [5, 5.41) is 0. The molecule has 0 aliphatic carbocycles. The zero-order valence-electron chi connectivity index (χ0n) is 19.6. The summed E-state index contributed by atoms with van der Waals surface area (Å²) in [5.74, 6) is 2.43. The molecule has 0 saturated carbocycles. The molecule has 174 valence electrons. The van der Waals surface area contributed by atoms with Crippen molar-refractivity contribution in [3.05, 3.63) is 47.8 Å². The van der Waals surface area contributed by atoms with E-state index in [0.29, 0.717) is 18.6 Å². The molecule has 1 aromatic heterocycles. The predicted octanol–water partition coefficient (Wildman–Crippen LogP) is 3.35. The number of nitrogens with zero attached hydrogens (tertiary/aromatic N) is 4. The van der Waals surface area contributed by atoms with Gasteiger partial charge in [-0.25, -0.2) is 17.7 Å². The van der Waals surface area contributed by atoms with Gasteiger partial charge in [-0.1, -0.05) is 13.0 Å². The van der Waals surface area contributed by atoms with Gasteiger partial charge < -0.3 is 14.0 Å². The number of methoxy groups -OCH3 is 2. The van der Waals surface area contributed by atoms with Gasteiger partial charge in [0.25, 0.3) is 0 Å². The number of ether oxygens (including phenoxy) is 2. The number of aryl methyl sites for hydroxylation is 1. The lowest BCUT2D eigenvalue weighted by Crippen LogP contribution is -2.22. The van der Waals surface area contributed by atoms with Crippen molar-refractivity contribution in [3.63, 3.8) is 0 Å². The van der Waals surface area contributed by atoms with Crippen molar-refractivity contribution in [2.75, 3.05) is 35.4 Å².